The zero-order valence-corrected chi connectivity index (χ0v) is 17.5. The number of hydrogen-bond acceptors (Lipinski definition) is 5. The molecule has 1 N–H and O–H groups in total. The predicted octanol–water partition coefficient (Wildman–Crippen LogP) is 2.31. The van der Waals surface area contributed by atoms with E-state index in [1.54, 1.807) is 6.92 Å². The number of piperazine rings is 1. The Labute approximate surface area is 172 Å². The number of nitrogens with one attached hydrogen (secondary N) is 1. The van der Waals surface area contributed by atoms with Crippen molar-refractivity contribution in [3.05, 3.63) is 47.7 Å². The van der Waals surface area contributed by atoms with Crippen molar-refractivity contribution in [1.82, 2.24) is 19.9 Å². The van der Waals surface area contributed by atoms with E-state index in [0.717, 1.165) is 43.1 Å². The average molecular weight is 399 g/mol. The summed E-state index contributed by atoms with van der Waals surface area (Å²) in [7, 11) is 2.08. The lowest BCUT2D eigenvalue weighted by molar-refractivity contribution is -0.126. The SMILES string of the molecule is CCOC(=O)c1cc(-c2ccccc2)n(CCC(=O)NN2CCN(C)CC2)c1C. The summed E-state index contributed by atoms with van der Waals surface area (Å²) in [5.74, 6) is -0.345. The quantitative estimate of drug-likeness (QED) is 0.725. The molecule has 1 amide bonds. The summed E-state index contributed by atoms with van der Waals surface area (Å²) in [4.78, 5) is 27.1. The smallest absolute Gasteiger partial charge is 0.339 e. The van der Waals surface area contributed by atoms with Crippen molar-refractivity contribution in [2.45, 2.75) is 26.8 Å². The predicted molar refractivity (Wildman–Crippen MR) is 112 cm³/mol. The van der Waals surface area contributed by atoms with Crippen LogP contribution in [-0.4, -0.2) is 66.2 Å². The topological polar surface area (TPSA) is 66.8 Å². The summed E-state index contributed by atoms with van der Waals surface area (Å²) in [6.45, 7) is 8.06. The minimum atomic E-state index is -0.331. The van der Waals surface area contributed by atoms with Crippen LogP contribution in [0, 0.1) is 6.92 Å². The van der Waals surface area contributed by atoms with Crippen LogP contribution in [0.2, 0.25) is 0 Å². The Morgan fingerprint density at radius 3 is 2.45 bits per heavy atom. The fourth-order valence-electron chi connectivity index (χ4n) is 3.56. The molecule has 156 valence electrons. The number of esters is 1. The lowest BCUT2D eigenvalue weighted by Crippen LogP contribution is -2.52. The number of amides is 1. The van der Waals surface area contributed by atoms with Crippen molar-refractivity contribution < 1.29 is 14.3 Å². The normalized spacial score (nSPS) is 15.3. The van der Waals surface area contributed by atoms with Crippen molar-refractivity contribution in [2.24, 2.45) is 0 Å². The summed E-state index contributed by atoms with van der Waals surface area (Å²) in [5, 5.41) is 1.98. The second-order valence-electron chi connectivity index (χ2n) is 7.34. The molecular formula is C22H30N4O3. The first-order valence-corrected chi connectivity index (χ1v) is 10.1. The van der Waals surface area contributed by atoms with Gasteiger partial charge in [0.25, 0.3) is 0 Å². The van der Waals surface area contributed by atoms with E-state index in [1.165, 1.54) is 0 Å². The van der Waals surface area contributed by atoms with E-state index in [-0.39, 0.29) is 11.9 Å². The first kappa shape index (κ1) is 21.1. The minimum Gasteiger partial charge on any atom is -0.462 e. The Kier molecular flexibility index (Phi) is 7.06. The van der Waals surface area contributed by atoms with Crippen LogP contribution in [0.15, 0.2) is 36.4 Å². The number of ether oxygens (including phenoxy) is 1. The molecule has 0 radical (unpaired) electrons. The maximum atomic E-state index is 12.5. The third-order valence-corrected chi connectivity index (χ3v) is 5.28. The van der Waals surface area contributed by atoms with E-state index in [1.807, 2.05) is 52.9 Å². The number of nitrogens with zero attached hydrogens (tertiary/aromatic N) is 3. The van der Waals surface area contributed by atoms with E-state index < -0.39 is 0 Å². The molecule has 0 atom stereocenters. The van der Waals surface area contributed by atoms with Gasteiger partial charge in [0.1, 0.15) is 0 Å². The number of hydrazine groups is 1. The minimum absolute atomic E-state index is 0.0145. The van der Waals surface area contributed by atoms with Crippen LogP contribution in [-0.2, 0) is 16.1 Å². The first-order chi connectivity index (χ1) is 14.0. The lowest BCUT2D eigenvalue weighted by Gasteiger charge is -2.32. The van der Waals surface area contributed by atoms with Crippen LogP contribution in [0.5, 0.6) is 0 Å². The van der Waals surface area contributed by atoms with Crippen molar-refractivity contribution in [3.63, 3.8) is 0 Å². The molecule has 1 aliphatic heterocycles. The molecule has 2 heterocycles. The van der Waals surface area contributed by atoms with Crippen molar-refractivity contribution in [2.75, 3.05) is 39.8 Å². The van der Waals surface area contributed by atoms with Gasteiger partial charge in [0, 0.05) is 50.5 Å². The molecule has 2 aromatic rings. The van der Waals surface area contributed by atoms with Gasteiger partial charge in [-0.3, -0.25) is 10.2 Å². The van der Waals surface area contributed by atoms with Gasteiger partial charge in [-0.2, -0.15) is 0 Å². The van der Waals surface area contributed by atoms with Gasteiger partial charge in [0.15, 0.2) is 0 Å². The molecule has 0 bridgehead atoms. The second-order valence-corrected chi connectivity index (χ2v) is 7.34. The average Bonchev–Trinajstić information content (AvgIpc) is 3.05. The first-order valence-electron chi connectivity index (χ1n) is 10.1. The lowest BCUT2D eigenvalue weighted by atomic mass is 10.1. The van der Waals surface area contributed by atoms with Gasteiger partial charge in [-0.25, -0.2) is 9.80 Å². The van der Waals surface area contributed by atoms with E-state index in [4.69, 9.17) is 4.74 Å². The van der Waals surface area contributed by atoms with Crippen molar-refractivity contribution in [1.29, 1.82) is 0 Å². The van der Waals surface area contributed by atoms with Gasteiger partial charge in [0.2, 0.25) is 5.91 Å². The zero-order valence-electron chi connectivity index (χ0n) is 17.5. The molecule has 7 heteroatoms. The van der Waals surface area contributed by atoms with Gasteiger partial charge in [0.05, 0.1) is 12.2 Å². The second kappa shape index (κ2) is 9.71. The number of rotatable bonds is 7. The number of hydrogen-bond donors (Lipinski definition) is 1. The highest BCUT2D eigenvalue weighted by Gasteiger charge is 2.21. The maximum absolute atomic E-state index is 12.5. The monoisotopic (exact) mass is 398 g/mol. The molecule has 1 aliphatic rings. The highest BCUT2D eigenvalue weighted by Crippen LogP contribution is 2.27. The molecule has 1 saturated heterocycles. The third kappa shape index (κ3) is 5.25. The van der Waals surface area contributed by atoms with Gasteiger partial charge < -0.3 is 14.2 Å². The summed E-state index contributed by atoms with van der Waals surface area (Å²) in [6.07, 6.45) is 0.337. The van der Waals surface area contributed by atoms with Crippen LogP contribution in [0.25, 0.3) is 11.3 Å². The molecule has 0 saturated carbocycles. The van der Waals surface area contributed by atoms with E-state index in [0.29, 0.717) is 25.1 Å². The molecule has 7 nitrogen and oxygen atoms in total. The van der Waals surface area contributed by atoms with Crippen LogP contribution in [0.3, 0.4) is 0 Å². The Morgan fingerprint density at radius 2 is 1.79 bits per heavy atom. The molecule has 1 aromatic carbocycles. The van der Waals surface area contributed by atoms with Gasteiger partial charge >= 0.3 is 5.97 Å². The zero-order chi connectivity index (χ0) is 20.8. The largest absolute Gasteiger partial charge is 0.462 e. The van der Waals surface area contributed by atoms with Gasteiger partial charge in [-0.15, -0.1) is 0 Å². The third-order valence-electron chi connectivity index (χ3n) is 5.28. The Hall–Kier alpha value is -2.64. The summed E-state index contributed by atoms with van der Waals surface area (Å²) in [5.41, 5.74) is 6.28. The fourth-order valence-corrected chi connectivity index (χ4v) is 3.56. The Bertz CT molecular complexity index is 839. The van der Waals surface area contributed by atoms with E-state index in [9.17, 15) is 9.59 Å². The molecule has 0 aliphatic carbocycles. The van der Waals surface area contributed by atoms with Crippen LogP contribution in [0.1, 0.15) is 29.4 Å². The van der Waals surface area contributed by atoms with Crippen molar-refractivity contribution >= 4 is 11.9 Å². The number of likely N-dealkylation sites (N-methyl/N-ethyl adjacent to an activating group) is 1. The molecule has 1 fully saturated rings. The Morgan fingerprint density at radius 1 is 1.10 bits per heavy atom. The van der Waals surface area contributed by atoms with Gasteiger partial charge in [-0.1, -0.05) is 30.3 Å². The molecule has 0 spiro atoms. The number of carbonyl (C=O) groups is 2. The number of benzene rings is 1. The summed E-state index contributed by atoms with van der Waals surface area (Å²) >= 11 is 0. The summed E-state index contributed by atoms with van der Waals surface area (Å²) < 4.78 is 7.24. The van der Waals surface area contributed by atoms with E-state index >= 15 is 0 Å². The molecule has 29 heavy (non-hydrogen) atoms. The van der Waals surface area contributed by atoms with Crippen LogP contribution >= 0.6 is 0 Å². The molecule has 0 unspecified atom stereocenters. The Balaban J connectivity index is 1.74. The molecular weight excluding hydrogens is 368 g/mol. The number of carbonyl (C=O) groups excluding carboxylic acids is 2. The van der Waals surface area contributed by atoms with Crippen LogP contribution in [0.4, 0.5) is 0 Å². The van der Waals surface area contributed by atoms with Gasteiger partial charge in [-0.05, 0) is 32.5 Å². The highest BCUT2D eigenvalue weighted by molar-refractivity contribution is 5.92. The standard InChI is InChI=1S/C22H30N4O3/c1-4-29-22(28)19-16-20(18-8-6-5-7-9-18)26(17(19)2)11-10-21(27)23-25-14-12-24(3)13-15-25/h5-9,16H,4,10-15H2,1-3H3,(H,23,27). The fraction of sp³-hybridized carbons (Fsp3) is 0.455. The van der Waals surface area contributed by atoms with E-state index in [2.05, 4.69) is 17.4 Å². The maximum Gasteiger partial charge on any atom is 0.339 e. The van der Waals surface area contributed by atoms with Crippen molar-refractivity contribution in [3.8, 4) is 11.3 Å². The highest BCUT2D eigenvalue weighted by atomic mass is 16.5. The molecule has 3 rings (SSSR count). The summed E-state index contributed by atoms with van der Waals surface area (Å²) in [6, 6.07) is 11.8. The number of aromatic nitrogens is 1. The molecule has 1 aromatic heterocycles. The van der Waals surface area contributed by atoms with Crippen LogP contribution < -0.4 is 5.43 Å².